The first-order chi connectivity index (χ1) is 13.0. The van der Waals surface area contributed by atoms with Crippen LogP contribution in [0.3, 0.4) is 0 Å². The van der Waals surface area contributed by atoms with Gasteiger partial charge in [-0.3, -0.25) is 19.0 Å². The number of carbonyl (C=O) groups is 1. The molecule has 6 heteroatoms. The number of amides is 1. The van der Waals surface area contributed by atoms with Crippen LogP contribution in [0.15, 0.2) is 58.1 Å². The summed E-state index contributed by atoms with van der Waals surface area (Å²) < 4.78 is 2.69. The molecule has 1 N–H and O–H groups in total. The predicted octanol–water partition coefficient (Wildman–Crippen LogP) is 1.85. The highest BCUT2D eigenvalue weighted by Gasteiger charge is 2.14. The SMILES string of the molecule is CCn1c(=O)c(=O)n(CC(=O)NCCc2ccccc2C)c2ccccc21. The Hall–Kier alpha value is -3.15. The normalized spacial score (nSPS) is 10.9. The number of carbonyl (C=O) groups excluding carboxylic acids is 1. The van der Waals surface area contributed by atoms with E-state index in [-0.39, 0.29) is 12.5 Å². The zero-order valence-corrected chi connectivity index (χ0v) is 15.6. The number of hydrogen-bond donors (Lipinski definition) is 1. The third kappa shape index (κ3) is 3.84. The molecule has 0 aliphatic heterocycles. The van der Waals surface area contributed by atoms with Gasteiger partial charge in [0.1, 0.15) is 6.54 Å². The molecule has 1 amide bonds. The number of aromatic nitrogens is 2. The third-order valence-corrected chi connectivity index (χ3v) is 4.73. The smallest absolute Gasteiger partial charge is 0.317 e. The second kappa shape index (κ2) is 8.03. The summed E-state index contributed by atoms with van der Waals surface area (Å²) in [6, 6.07) is 15.2. The summed E-state index contributed by atoms with van der Waals surface area (Å²) in [4.78, 5) is 37.2. The van der Waals surface area contributed by atoms with Crippen molar-refractivity contribution in [2.75, 3.05) is 6.54 Å². The summed E-state index contributed by atoms with van der Waals surface area (Å²) in [6.45, 7) is 4.55. The van der Waals surface area contributed by atoms with Crippen LogP contribution < -0.4 is 16.4 Å². The van der Waals surface area contributed by atoms with Crippen LogP contribution in [0.2, 0.25) is 0 Å². The molecule has 3 rings (SSSR count). The minimum absolute atomic E-state index is 0.174. The molecule has 0 saturated carbocycles. The van der Waals surface area contributed by atoms with Gasteiger partial charge in [-0.25, -0.2) is 0 Å². The van der Waals surface area contributed by atoms with Crippen LogP contribution in [0, 0.1) is 6.92 Å². The van der Waals surface area contributed by atoms with Gasteiger partial charge in [0, 0.05) is 13.1 Å². The molecule has 0 atom stereocenters. The molecule has 1 heterocycles. The number of nitrogens with one attached hydrogen (secondary N) is 1. The predicted molar refractivity (Wildman–Crippen MR) is 106 cm³/mol. The molecule has 6 nitrogen and oxygen atoms in total. The molecule has 0 radical (unpaired) electrons. The summed E-state index contributed by atoms with van der Waals surface area (Å²) in [7, 11) is 0. The lowest BCUT2D eigenvalue weighted by molar-refractivity contribution is -0.121. The zero-order valence-electron chi connectivity index (χ0n) is 15.6. The average Bonchev–Trinajstić information content (AvgIpc) is 2.67. The van der Waals surface area contributed by atoms with Crippen LogP contribution in [0.25, 0.3) is 11.0 Å². The molecule has 0 bridgehead atoms. The van der Waals surface area contributed by atoms with E-state index in [4.69, 9.17) is 0 Å². The van der Waals surface area contributed by atoms with Gasteiger partial charge >= 0.3 is 11.1 Å². The van der Waals surface area contributed by atoms with Gasteiger partial charge in [-0.2, -0.15) is 0 Å². The van der Waals surface area contributed by atoms with Crippen molar-refractivity contribution in [3.05, 3.63) is 80.4 Å². The maximum atomic E-state index is 12.5. The molecule has 3 aromatic rings. The highest BCUT2D eigenvalue weighted by molar-refractivity contribution is 5.80. The van der Waals surface area contributed by atoms with Gasteiger partial charge in [-0.05, 0) is 43.5 Å². The minimum Gasteiger partial charge on any atom is -0.354 e. The van der Waals surface area contributed by atoms with Crippen molar-refractivity contribution in [2.45, 2.75) is 33.4 Å². The average molecular weight is 365 g/mol. The van der Waals surface area contributed by atoms with Crippen LogP contribution in [-0.4, -0.2) is 21.6 Å². The number of benzene rings is 2. The summed E-state index contributed by atoms with van der Waals surface area (Å²) in [5, 5.41) is 2.84. The highest BCUT2D eigenvalue weighted by atomic mass is 16.2. The third-order valence-electron chi connectivity index (χ3n) is 4.73. The molecule has 140 valence electrons. The zero-order chi connectivity index (χ0) is 19.4. The molecule has 0 aliphatic carbocycles. The summed E-state index contributed by atoms with van der Waals surface area (Å²) >= 11 is 0. The Morgan fingerprint density at radius 1 is 0.926 bits per heavy atom. The van der Waals surface area contributed by atoms with E-state index < -0.39 is 11.1 Å². The molecule has 0 fully saturated rings. The summed E-state index contributed by atoms with van der Waals surface area (Å²) in [5.74, 6) is -0.288. The Bertz CT molecular complexity index is 1100. The lowest BCUT2D eigenvalue weighted by Gasteiger charge is -2.14. The Morgan fingerprint density at radius 3 is 2.19 bits per heavy atom. The standard InChI is InChI=1S/C21H23N3O3/c1-3-23-17-10-6-7-11-18(17)24(21(27)20(23)26)14-19(25)22-13-12-16-9-5-4-8-15(16)2/h4-11H,3,12-14H2,1-2H3,(H,22,25). The Labute approximate surface area is 157 Å². The molecule has 0 aliphatic rings. The first kappa shape index (κ1) is 18.6. The number of fused-ring (bicyclic) bond motifs is 1. The van der Waals surface area contributed by atoms with E-state index >= 15 is 0 Å². The van der Waals surface area contributed by atoms with E-state index in [1.54, 1.807) is 18.2 Å². The van der Waals surface area contributed by atoms with Gasteiger partial charge in [0.15, 0.2) is 0 Å². The molecule has 2 aromatic carbocycles. The van der Waals surface area contributed by atoms with Crippen molar-refractivity contribution in [2.24, 2.45) is 0 Å². The fourth-order valence-corrected chi connectivity index (χ4v) is 3.27. The Morgan fingerprint density at radius 2 is 1.52 bits per heavy atom. The van der Waals surface area contributed by atoms with Crippen molar-refractivity contribution >= 4 is 16.9 Å². The number of rotatable bonds is 6. The van der Waals surface area contributed by atoms with Crippen LogP contribution >= 0.6 is 0 Å². The molecular weight excluding hydrogens is 342 g/mol. The lowest BCUT2D eigenvalue weighted by Crippen LogP contribution is -2.43. The van der Waals surface area contributed by atoms with Gasteiger partial charge in [0.05, 0.1) is 11.0 Å². The summed E-state index contributed by atoms with van der Waals surface area (Å²) in [5.41, 5.74) is 2.30. The van der Waals surface area contributed by atoms with Crippen molar-refractivity contribution < 1.29 is 4.79 Å². The number of aryl methyl sites for hydroxylation is 2. The first-order valence-corrected chi connectivity index (χ1v) is 9.06. The second-order valence-corrected chi connectivity index (χ2v) is 6.46. The van der Waals surface area contributed by atoms with E-state index in [1.807, 2.05) is 44.2 Å². The van der Waals surface area contributed by atoms with E-state index in [2.05, 4.69) is 5.32 Å². The van der Waals surface area contributed by atoms with Gasteiger partial charge in [0.2, 0.25) is 5.91 Å². The van der Waals surface area contributed by atoms with E-state index in [9.17, 15) is 14.4 Å². The quantitative estimate of drug-likeness (QED) is 0.678. The van der Waals surface area contributed by atoms with Gasteiger partial charge < -0.3 is 9.88 Å². The molecular formula is C21H23N3O3. The number of nitrogens with zero attached hydrogens (tertiary/aromatic N) is 2. The second-order valence-electron chi connectivity index (χ2n) is 6.46. The number of hydrogen-bond acceptors (Lipinski definition) is 3. The van der Waals surface area contributed by atoms with Gasteiger partial charge in [-0.1, -0.05) is 36.4 Å². The topological polar surface area (TPSA) is 73.1 Å². The van der Waals surface area contributed by atoms with E-state index in [1.165, 1.54) is 20.3 Å². The van der Waals surface area contributed by atoms with E-state index in [0.717, 1.165) is 0 Å². The van der Waals surface area contributed by atoms with Gasteiger partial charge in [-0.15, -0.1) is 0 Å². The molecule has 0 spiro atoms. The molecule has 27 heavy (non-hydrogen) atoms. The minimum atomic E-state index is -0.676. The van der Waals surface area contributed by atoms with Crippen LogP contribution in [0.5, 0.6) is 0 Å². The van der Waals surface area contributed by atoms with Crippen molar-refractivity contribution in [3.8, 4) is 0 Å². The lowest BCUT2D eigenvalue weighted by atomic mass is 10.1. The Kier molecular flexibility index (Phi) is 5.54. The maximum Gasteiger partial charge on any atom is 0.317 e. The monoisotopic (exact) mass is 365 g/mol. The van der Waals surface area contributed by atoms with Crippen molar-refractivity contribution in [1.29, 1.82) is 0 Å². The highest BCUT2D eigenvalue weighted by Crippen LogP contribution is 2.10. The summed E-state index contributed by atoms with van der Waals surface area (Å²) in [6.07, 6.45) is 0.714. The Balaban J connectivity index is 1.79. The van der Waals surface area contributed by atoms with Crippen molar-refractivity contribution in [1.82, 2.24) is 14.5 Å². The molecule has 0 saturated heterocycles. The maximum absolute atomic E-state index is 12.5. The van der Waals surface area contributed by atoms with Gasteiger partial charge in [0.25, 0.3) is 0 Å². The van der Waals surface area contributed by atoms with Crippen LogP contribution in [0.1, 0.15) is 18.1 Å². The molecule has 1 aromatic heterocycles. The van der Waals surface area contributed by atoms with Crippen LogP contribution in [0.4, 0.5) is 0 Å². The fourth-order valence-electron chi connectivity index (χ4n) is 3.27. The number of para-hydroxylation sites is 2. The molecule has 0 unspecified atom stereocenters. The van der Waals surface area contributed by atoms with Crippen LogP contribution in [-0.2, 0) is 24.3 Å². The van der Waals surface area contributed by atoms with Crippen molar-refractivity contribution in [3.63, 3.8) is 0 Å². The fraction of sp³-hybridized carbons (Fsp3) is 0.286. The van der Waals surface area contributed by atoms with E-state index in [0.29, 0.717) is 30.5 Å². The first-order valence-electron chi connectivity index (χ1n) is 9.06. The largest absolute Gasteiger partial charge is 0.354 e.